The molecule has 106 valence electrons. The van der Waals surface area contributed by atoms with Gasteiger partial charge >= 0.3 is 0 Å². The highest BCUT2D eigenvalue weighted by Gasteiger charge is 2.07. The summed E-state index contributed by atoms with van der Waals surface area (Å²) < 4.78 is 0.996. The standard InChI is InChI=1S/C16H15BrN4/c1-11-7-13-15(14(17)8-11)20-10-21-16(13)19-6-4-12-3-2-5-18-9-12/h2-3,5,7-10H,4,6H2,1H3,(H,19,20,21). The van der Waals surface area contributed by atoms with Crippen LogP contribution in [0.1, 0.15) is 11.1 Å². The number of hydrogen-bond acceptors (Lipinski definition) is 4. The number of pyridine rings is 1. The average molecular weight is 343 g/mol. The lowest BCUT2D eigenvalue weighted by atomic mass is 10.1. The SMILES string of the molecule is Cc1cc(Br)c2ncnc(NCCc3cccnc3)c2c1. The van der Waals surface area contributed by atoms with Gasteiger partial charge in [0, 0.05) is 28.8 Å². The van der Waals surface area contributed by atoms with Crippen molar-refractivity contribution in [2.45, 2.75) is 13.3 Å². The summed E-state index contributed by atoms with van der Waals surface area (Å²) in [6.07, 6.45) is 6.18. The van der Waals surface area contributed by atoms with Crippen LogP contribution in [0.15, 0.2) is 47.5 Å². The van der Waals surface area contributed by atoms with Gasteiger partial charge in [0.25, 0.3) is 0 Å². The van der Waals surface area contributed by atoms with Crippen molar-refractivity contribution in [2.24, 2.45) is 0 Å². The third-order valence-electron chi connectivity index (χ3n) is 3.27. The van der Waals surface area contributed by atoms with Crippen LogP contribution in [0.4, 0.5) is 5.82 Å². The molecule has 0 aliphatic carbocycles. The summed E-state index contributed by atoms with van der Waals surface area (Å²) in [7, 11) is 0. The topological polar surface area (TPSA) is 50.7 Å². The van der Waals surface area contributed by atoms with Gasteiger partial charge < -0.3 is 5.32 Å². The number of anilines is 1. The molecule has 2 heterocycles. The third-order valence-corrected chi connectivity index (χ3v) is 3.87. The predicted octanol–water partition coefficient (Wildman–Crippen LogP) is 3.75. The van der Waals surface area contributed by atoms with Gasteiger partial charge in [0.1, 0.15) is 12.1 Å². The summed E-state index contributed by atoms with van der Waals surface area (Å²) in [5.41, 5.74) is 3.32. The molecule has 0 radical (unpaired) electrons. The van der Waals surface area contributed by atoms with E-state index >= 15 is 0 Å². The lowest BCUT2D eigenvalue weighted by molar-refractivity contribution is 0.993. The normalized spacial score (nSPS) is 10.8. The van der Waals surface area contributed by atoms with Gasteiger partial charge in [-0.05, 0) is 58.6 Å². The maximum absolute atomic E-state index is 4.36. The second-order valence-electron chi connectivity index (χ2n) is 4.90. The lowest BCUT2D eigenvalue weighted by Gasteiger charge is -2.09. The van der Waals surface area contributed by atoms with E-state index in [2.05, 4.69) is 61.3 Å². The molecule has 21 heavy (non-hydrogen) atoms. The molecule has 0 aliphatic heterocycles. The van der Waals surface area contributed by atoms with Crippen molar-refractivity contribution in [3.63, 3.8) is 0 Å². The number of nitrogens with one attached hydrogen (secondary N) is 1. The van der Waals surface area contributed by atoms with Crippen molar-refractivity contribution < 1.29 is 0 Å². The summed E-state index contributed by atoms with van der Waals surface area (Å²) in [6.45, 7) is 2.87. The highest BCUT2D eigenvalue weighted by Crippen LogP contribution is 2.27. The molecular formula is C16H15BrN4. The number of fused-ring (bicyclic) bond motifs is 1. The second kappa shape index (κ2) is 6.18. The predicted molar refractivity (Wildman–Crippen MR) is 88.4 cm³/mol. The summed E-state index contributed by atoms with van der Waals surface area (Å²) in [5.74, 6) is 0.869. The second-order valence-corrected chi connectivity index (χ2v) is 5.76. The Morgan fingerprint density at radius 1 is 1.24 bits per heavy atom. The van der Waals surface area contributed by atoms with E-state index in [9.17, 15) is 0 Å². The van der Waals surface area contributed by atoms with Gasteiger partial charge in [0.15, 0.2) is 0 Å². The molecule has 0 fully saturated rings. The van der Waals surface area contributed by atoms with Crippen LogP contribution in [0, 0.1) is 6.92 Å². The molecule has 0 saturated carbocycles. The Morgan fingerprint density at radius 2 is 2.14 bits per heavy atom. The van der Waals surface area contributed by atoms with Crippen molar-refractivity contribution in [1.82, 2.24) is 15.0 Å². The van der Waals surface area contributed by atoms with Crippen molar-refractivity contribution >= 4 is 32.7 Å². The number of hydrogen-bond donors (Lipinski definition) is 1. The number of benzene rings is 1. The van der Waals surface area contributed by atoms with Crippen molar-refractivity contribution in [3.05, 3.63) is 58.6 Å². The number of halogens is 1. The van der Waals surface area contributed by atoms with Crippen molar-refractivity contribution in [2.75, 3.05) is 11.9 Å². The molecule has 0 aliphatic rings. The first-order valence-corrected chi connectivity index (χ1v) is 7.57. The minimum atomic E-state index is 0.809. The fraction of sp³-hybridized carbons (Fsp3) is 0.188. The molecule has 1 aromatic carbocycles. The molecule has 2 aromatic heterocycles. The number of aryl methyl sites for hydroxylation is 1. The van der Waals surface area contributed by atoms with Crippen LogP contribution in [-0.2, 0) is 6.42 Å². The Balaban J connectivity index is 1.81. The molecule has 0 atom stereocenters. The Labute approximate surface area is 131 Å². The molecule has 0 bridgehead atoms. The van der Waals surface area contributed by atoms with E-state index in [1.807, 2.05) is 12.3 Å². The van der Waals surface area contributed by atoms with E-state index in [0.717, 1.165) is 34.2 Å². The van der Waals surface area contributed by atoms with Gasteiger partial charge in [0.2, 0.25) is 0 Å². The van der Waals surface area contributed by atoms with Crippen LogP contribution in [0.25, 0.3) is 10.9 Å². The summed E-state index contributed by atoms with van der Waals surface area (Å²) in [4.78, 5) is 12.8. The monoisotopic (exact) mass is 342 g/mol. The molecule has 3 rings (SSSR count). The molecule has 4 nitrogen and oxygen atoms in total. The Kier molecular flexibility index (Phi) is 4.10. The minimum absolute atomic E-state index is 0.809. The maximum Gasteiger partial charge on any atom is 0.137 e. The molecule has 3 aromatic rings. The number of rotatable bonds is 4. The van der Waals surface area contributed by atoms with Crippen LogP contribution >= 0.6 is 15.9 Å². The minimum Gasteiger partial charge on any atom is -0.369 e. The van der Waals surface area contributed by atoms with Gasteiger partial charge in [-0.2, -0.15) is 0 Å². The molecular weight excluding hydrogens is 328 g/mol. The van der Waals surface area contributed by atoms with E-state index in [0.29, 0.717) is 0 Å². The van der Waals surface area contributed by atoms with Crippen LogP contribution in [-0.4, -0.2) is 21.5 Å². The Hall–Kier alpha value is -2.01. The first kappa shape index (κ1) is 13.9. The van der Waals surface area contributed by atoms with E-state index in [-0.39, 0.29) is 0 Å². The first-order valence-electron chi connectivity index (χ1n) is 6.77. The fourth-order valence-electron chi connectivity index (χ4n) is 2.27. The third kappa shape index (κ3) is 3.19. The van der Waals surface area contributed by atoms with E-state index in [1.54, 1.807) is 12.5 Å². The molecule has 5 heteroatoms. The zero-order valence-corrected chi connectivity index (χ0v) is 13.3. The molecule has 0 amide bonds. The van der Waals surface area contributed by atoms with Crippen molar-refractivity contribution in [3.8, 4) is 0 Å². The lowest BCUT2D eigenvalue weighted by Crippen LogP contribution is -2.07. The number of nitrogens with zero attached hydrogens (tertiary/aromatic N) is 3. The van der Waals surface area contributed by atoms with Crippen LogP contribution in [0.3, 0.4) is 0 Å². The maximum atomic E-state index is 4.36. The fourth-order valence-corrected chi connectivity index (χ4v) is 2.95. The van der Waals surface area contributed by atoms with Gasteiger partial charge in [-0.25, -0.2) is 9.97 Å². The largest absolute Gasteiger partial charge is 0.369 e. The summed E-state index contributed by atoms with van der Waals surface area (Å²) >= 11 is 3.56. The highest BCUT2D eigenvalue weighted by molar-refractivity contribution is 9.10. The average Bonchev–Trinajstić information content (AvgIpc) is 2.49. The van der Waals surface area contributed by atoms with E-state index in [1.165, 1.54) is 11.1 Å². The summed E-state index contributed by atoms with van der Waals surface area (Å²) in [6, 6.07) is 8.20. The zero-order valence-electron chi connectivity index (χ0n) is 11.7. The van der Waals surface area contributed by atoms with Gasteiger partial charge in [-0.3, -0.25) is 4.98 Å². The van der Waals surface area contributed by atoms with Crippen molar-refractivity contribution in [1.29, 1.82) is 0 Å². The highest BCUT2D eigenvalue weighted by atomic mass is 79.9. The molecule has 0 saturated heterocycles. The number of aromatic nitrogens is 3. The van der Waals surface area contributed by atoms with Crippen LogP contribution < -0.4 is 5.32 Å². The Morgan fingerprint density at radius 3 is 2.95 bits per heavy atom. The zero-order chi connectivity index (χ0) is 14.7. The van der Waals surface area contributed by atoms with Crippen LogP contribution in [0.2, 0.25) is 0 Å². The molecule has 1 N–H and O–H groups in total. The Bertz CT molecular complexity index is 759. The molecule has 0 spiro atoms. The van der Waals surface area contributed by atoms with Gasteiger partial charge in [0.05, 0.1) is 5.52 Å². The van der Waals surface area contributed by atoms with E-state index < -0.39 is 0 Å². The summed E-state index contributed by atoms with van der Waals surface area (Å²) in [5, 5.41) is 4.43. The quantitative estimate of drug-likeness (QED) is 0.784. The van der Waals surface area contributed by atoms with Gasteiger partial charge in [-0.15, -0.1) is 0 Å². The molecule has 0 unspecified atom stereocenters. The first-order chi connectivity index (χ1) is 10.2. The van der Waals surface area contributed by atoms with Gasteiger partial charge in [-0.1, -0.05) is 6.07 Å². The smallest absolute Gasteiger partial charge is 0.137 e. The van der Waals surface area contributed by atoms with Crippen LogP contribution in [0.5, 0.6) is 0 Å². The van der Waals surface area contributed by atoms with E-state index in [4.69, 9.17) is 0 Å².